The lowest BCUT2D eigenvalue weighted by molar-refractivity contribution is -0.126. The molecule has 1 aromatic heterocycles. The summed E-state index contributed by atoms with van der Waals surface area (Å²) in [5.41, 5.74) is 3.43. The Bertz CT molecular complexity index is 1150. The molecular formula is C28H34BrN5O2. The van der Waals surface area contributed by atoms with Gasteiger partial charge in [0.25, 0.3) is 0 Å². The quantitative estimate of drug-likeness (QED) is 0.424. The van der Waals surface area contributed by atoms with Gasteiger partial charge in [-0.1, -0.05) is 63.9 Å². The van der Waals surface area contributed by atoms with E-state index in [0.717, 1.165) is 42.5 Å². The van der Waals surface area contributed by atoms with Crippen LogP contribution in [0, 0.1) is 5.92 Å². The fourth-order valence-electron chi connectivity index (χ4n) is 5.16. The number of piperidine rings is 2. The lowest BCUT2D eigenvalue weighted by Gasteiger charge is -2.30. The van der Waals surface area contributed by atoms with E-state index in [2.05, 4.69) is 65.5 Å². The molecule has 2 aromatic carbocycles. The van der Waals surface area contributed by atoms with E-state index in [1.54, 1.807) is 0 Å². The summed E-state index contributed by atoms with van der Waals surface area (Å²) in [5.74, 6) is 1.42. The number of carbonyl (C=O) groups is 1. The van der Waals surface area contributed by atoms with Crippen LogP contribution in [-0.4, -0.2) is 52.0 Å². The molecule has 1 amide bonds. The maximum atomic E-state index is 12.8. The molecule has 3 aromatic rings. The van der Waals surface area contributed by atoms with Gasteiger partial charge >= 0.3 is 0 Å². The predicted octanol–water partition coefficient (Wildman–Crippen LogP) is 5.01. The maximum Gasteiger partial charge on any atom is 0.241 e. The van der Waals surface area contributed by atoms with Crippen LogP contribution in [-0.2, 0) is 24.4 Å². The molecule has 2 aliphatic heterocycles. The molecule has 3 heterocycles. The Morgan fingerprint density at radius 3 is 2.50 bits per heavy atom. The summed E-state index contributed by atoms with van der Waals surface area (Å²) in [4.78, 5) is 22.2. The minimum absolute atomic E-state index is 0.0534. The number of aromatic nitrogens is 2. The van der Waals surface area contributed by atoms with Gasteiger partial charge in [0.05, 0.1) is 6.54 Å². The Hall–Kier alpha value is -2.55. The SMILES string of the molecule is O=C(NCc1cccc(CN2CCCCC2)c1)C1CCN(Cc2nc(-c3cccc(Br)c3)no2)CC1. The van der Waals surface area contributed by atoms with Crippen LogP contribution in [0.25, 0.3) is 11.4 Å². The number of carbonyl (C=O) groups excluding carboxylic acids is 1. The summed E-state index contributed by atoms with van der Waals surface area (Å²) >= 11 is 3.48. The summed E-state index contributed by atoms with van der Waals surface area (Å²) < 4.78 is 6.46. The van der Waals surface area contributed by atoms with Crippen molar-refractivity contribution >= 4 is 21.8 Å². The van der Waals surface area contributed by atoms with Crippen molar-refractivity contribution in [3.63, 3.8) is 0 Å². The number of amides is 1. The summed E-state index contributed by atoms with van der Waals surface area (Å²) in [5, 5.41) is 7.30. The van der Waals surface area contributed by atoms with E-state index in [9.17, 15) is 4.79 Å². The molecule has 8 heteroatoms. The first-order valence-corrected chi connectivity index (χ1v) is 13.8. The Morgan fingerprint density at radius 2 is 1.69 bits per heavy atom. The average molecular weight is 553 g/mol. The van der Waals surface area contributed by atoms with Gasteiger partial charge in [0, 0.05) is 29.0 Å². The number of halogens is 1. The monoisotopic (exact) mass is 551 g/mol. The zero-order valence-corrected chi connectivity index (χ0v) is 22.3. The number of hydrogen-bond donors (Lipinski definition) is 1. The molecule has 0 saturated carbocycles. The fourth-order valence-corrected chi connectivity index (χ4v) is 5.55. The number of benzene rings is 2. The zero-order valence-electron chi connectivity index (χ0n) is 20.7. The molecule has 7 nitrogen and oxygen atoms in total. The smallest absolute Gasteiger partial charge is 0.241 e. The van der Waals surface area contributed by atoms with Gasteiger partial charge in [0.15, 0.2) is 0 Å². The van der Waals surface area contributed by atoms with Gasteiger partial charge in [0.1, 0.15) is 0 Å². The molecular weight excluding hydrogens is 518 g/mol. The van der Waals surface area contributed by atoms with Gasteiger partial charge in [-0.3, -0.25) is 14.6 Å². The largest absolute Gasteiger partial charge is 0.352 e. The van der Waals surface area contributed by atoms with Gasteiger partial charge in [-0.15, -0.1) is 0 Å². The molecule has 190 valence electrons. The Kier molecular flexibility index (Phi) is 8.46. The van der Waals surface area contributed by atoms with Crippen LogP contribution in [0.3, 0.4) is 0 Å². The van der Waals surface area contributed by atoms with Crippen molar-refractivity contribution in [2.24, 2.45) is 5.92 Å². The molecule has 0 unspecified atom stereocenters. The van der Waals surface area contributed by atoms with Crippen LogP contribution < -0.4 is 5.32 Å². The lowest BCUT2D eigenvalue weighted by atomic mass is 9.96. The van der Waals surface area contributed by atoms with Crippen LogP contribution in [0.4, 0.5) is 0 Å². The van der Waals surface area contributed by atoms with Crippen LogP contribution in [0.2, 0.25) is 0 Å². The van der Waals surface area contributed by atoms with Gasteiger partial charge in [0.2, 0.25) is 17.6 Å². The van der Waals surface area contributed by atoms with Crippen molar-refractivity contribution in [2.45, 2.75) is 51.7 Å². The standard InChI is InChI=1S/C28H34BrN5O2/c29-25-9-5-8-24(17-25)27-31-26(36-32-27)20-34-14-10-23(11-15-34)28(35)30-18-21-6-4-7-22(16-21)19-33-12-2-1-3-13-33/h4-9,16-17,23H,1-3,10-15,18-20H2,(H,30,35). The number of hydrogen-bond acceptors (Lipinski definition) is 6. The van der Waals surface area contributed by atoms with Gasteiger partial charge < -0.3 is 9.84 Å². The third-order valence-electron chi connectivity index (χ3n) is 7.18. The van der Waals surface area contributed by atoms with Crippen LogP contribution in [0.15, 0.2) is 57.5 Å². The molecule has 0 spiro atoms. The van der Waals surface area contributed by atoms with Crippen molar-refractivity contribution in [3.8, 4) is 11.4 Å². The Labute approximate surface area is 221 Å². The molecule has 1 N–H and O–H groups in total. The molecule has 36 heavy (non-hydrogen) atoms. The highest BCUT2D eigenvalue weighted by molar-refractivity contribution is 9.10. The first-order chi connectivity index (χ1) is 17.6. The van der Waals surface area contributed by atoms with E-state index in [1.807, 2.05) is 24.3 Å². The molecule has 5 rings (SSSR count). The summed E-state index contributed by atoms with van der Waals surface area (Å²) in [6, 6.07) is 16.5. The molecule has 2 fully saturated rings. The number of nitrogens with one attached hydrogen (secondary N) is 1. The highest BCUT2D eigenvalue weighted by atomic mass is 79.9. The second-order valence-electron chi connectivity index (χ2n) is 9.95. The minimum Gasteiger partial charge on any atom is -0.352 e. The summed E-state index contributed by atoms with van der Waals surface area (Å²) in [7, 11) is 0. The Morgan fingerprint density at radius 1 is 0.944 bits per heavy atom. The first-order valence-electron chi connectivity index (χ1n) is 13.0. The molecule has 2 aliphatic rings. The third-order valence-corrected chi connectivity index (χ3v) is 7.67. The van der Waals surface area contributed by atoms with Gasteiger partial charge in [-0.05, 0) is 75.1 Å². The Balaban J connectivity index is 1.06. The minimum atomic E-state index is 0.0534. The summed E-state index contributed by atoms with van der Waals surface area (Å²) in [6.45, 7) is 6.28. The molecule has 0 bridgehead atoms. The number of likely N-dealkylation sites (tertiary alicyclic amines) is 2. The first kappa shape index (κ1) is 25.1. The fraction of sp³-hybridized carbons (Fsp3) is 0.464. The third kappa shape index (κ3) is 6.81. The van der Waals surface area contributed by atoms with Crippen molar-refractivity contribution in [3.05, 3.63) is 70.0 Å². The van der Waals surface area contributed by atoms with Crippen molar-refractivity contribution in [1.29, 1.82) is 0 Å². The summed E-state index contributed by atoms with van der Waals surface area (Å²) in [6.07, 6.45) is 5.64. The predicted molar refractivity (Wildman–Crippen MR) is 143 cm³/mol. The van der Waals surface area contributed by atoms with Crippen LogP contribution >= 0.6 is 15.9 Å². The van der Waals surface area contributed by atoms with E-state index in [0.29, 0.717) is 24.8 Å². The molecule has 0 atom stereocenters. The normalized spacial score (nSPS) is 17.8. The van der Waals surface area contributed by atoms with E-state index >= 15 is 0 Å². The molecule has 0 aliphatic carbocycles. The highest BCUT2D eigenvalue weighted by Crippen LogP contribution is 2.23. The van der Waals surface area contributed by atoms with Crippen LogP contribution in [0.5, 0.6) is 0 Å². The van der Waals surface area contributed by atoms with E-state index in [-0.39, 0.29) is 11.8 Å². The molecule has 0 radical (unpaired) electrons. The second kappa shape index (κ2) is 12.1. The van der Waals surface area contributed by atoms with E-state index in [1.165, 1.54) is 43.5 Å². The van der Waals surface area contributed by atoms with E-state index < -0.39 is 0 Å². The second-order valence-corrected chi connectivity index (χ2v) is 10.9. The van der Waals surface area contributed by atoms with Crippen LogP contribution in [0.1, 0.15) is 49.1 Å². The molecule has 2 saturated heterocycles. The zero-order chi connectivity index (χ0) is 24.7. The average Bonchev–Trinajstić information content (AvgIpc) is 3.37. The number of nitrogens with zero attached hydrogens (tertiary/aromatic N) is 4. The van der Waals surface area contributed by atoms with Gasteiger partial charge in [-0.2, -0.15) is 4.98 Å². The van der Waals surface area contributed by atoms with Crippen molar-refractivity contribution in [1.82, 2.24) is 25.3 Å². The van der Waals surface area contributed by atoms with E-state index in [4.69, 9.17) is 4.52 Å². The van der Waals surface area contributed by atoms with Crippen molar-refractivity contribution in [2.75, 3.05) is 26.2 Å². The topological polar surface area (TPSA) is 74.5 Å². The number of rotatable bonds is 8. The van der Waals surface area contributed by atoms with Gasteiger partial charge in [-0.25, -0.2) is 0 Å². The highest BCUT2D eigenvalue weighted by Gasteiger charge is 2.26. The van der Waals surface area contributed by atoms with Crippen molar-refractivity contribution < 1.29 is 9.32 Å². The lowest BCUT2D eigenvalue weighted by Crippen LogP contribution is -2.40. The maximum absolute atomic E-state index is 12.8.